The van der Waals surface area contributed by atoms with Crippen LogP contribution in [-0.4, -0.2) is 50.3 Å². The number of hydrogen-bond acceptors (Lipinski definition) is 3. The van der Waals surface area contributed by atoms with Crippen molar-refractivity contribution in [3.63, 3.8) is 0 Å². The Balaban J connectivity index is 3.36. The van der Waals surface area contributed by atoms with Gasteiger partial charge in [-0.1, -0.05) is 27.7 Å². The molecule has 0 aliphatic rings. The fourth-order valence-electron chi connectivity index (χ4n) is 1.70. The zero-order chi connectivity index (χ0) is 13.1. The van der Waals surface area contributed by atoms with Gasteiger partial charge in [-0.3, -0.25) is 0 Å². The lowest BCUT2D eigenvalue weighted by Crippen LogP contribution is -2.29. The molecule has 0 saturated carbocycles. The quantitative estimate of drug-likeness (QED) is 0.565. The summed E-state index contributed by atoms with van der Waals surface area (Å²) in [7, 11) is 0. The molecule has 0 bridgehead atoms. The van der Waals surface area contributed by atoms with E-state index in [9.17, 15) is 0 Å². The van der Waals surface area contributed by atoms with E-state index >= 15 is 0 Å². The summed E-state index contributed by atoms with van der Waals surface area (Å²) < 4.78 is 5.80. The molecule has 1 atom stereocenters. The third-order valence-electron chi connectivity index (χ3n) is 2.98. The monoisotopic (exact) mass is 244 g/mol. The van der Waals surface area contributed by atoms with Crippen molar-refractivity contribution >= 4 is 0 Å². The molecule has 17 heavy (non-hydrogen) atoms. The van der Waals surface area contributed by atoms with Crippen LogP contribution in [0.1, 0.15) is 41.0 Å². The van der Waals surface area contributed by atoms with E-state index in [-0.39, 0.29) is 0 Å². The molecule has 3 nitrogen and oxygen atoms in total. The zero-order valence-electron chi connectivity index (χ0n) is 12.5. The van der Waals surface area contributed by atoms with Gasteiger partial charge in [0.15, 0.2) is 0 Å². The maximum absolute atomic E-state index is 5.80. The van der Waals surface area contributed by atoms with Crippen LogP contribution >= 0.6 is 0 Å². The minimum Gasteiger partial charge on any atom is -0.377 e. The summed E-state index contributed by atoms with van der Waals surface area (Å²) in [5.41, 5.74) is 0. The Bertz CT molecular complexity index is 158. The lowest BCUT2D eigenvalue weighted by atomic mass is 10.2. The second-order valence-electron chi connectivity index (χ2n) is 5.09. The van der Waals surface area contributed by atoms with Crippen molar-refractivity contribution in [3.05, 3.63) is 0 Å². The summed E-state index contributed by atoms with van der Waals surface area (Å²) in [5.74, 6) is 0.730. The molecule has 1 N–H and O–H groups in total. The number of likely N-dealkylation sites (N-methyl/N-ethyl adjacent to an activating group) is 1. The molecule has 0 aliphatic carbocycles. The van der Waals surface area contributed by atoms with Crippen LogP contribution in [0, 0.1) is 5.92 Å². The molecule has 0 fully saturated rings. The van der Waals surface area contributed by atoms with Crippen LogP contribution in [0.15, 0.2) is 0 Å². The second kappa shape index (κ2) is 11.0. The summed E-state index contributed by atoms with van der Waals surface area (Å²) in [6, 6.07) is 0. The van der Waals surface area contributed by atoms with Gasteiger partial charge in [-0.2, -0.15) is 0 Å². The van der Waals surface area contributed by atoms with Gasteiger partial charge >= 0.3 is 0 Å². The zero-order valence-corrected chi connectivity index (χ0v) is 12.5. The first-order chi connectivity index (χ1) is 8.10. The van der Waals surface area contributed by atoms with E-state index in [4.69, 9.17) is 4.74 Å². The first-order valence-corrected chi connectivity index (χ1v) is 7.14. The molecule has 0 saturated heterocycles. The molecular weight excluding hydrogens is 212 g/mol. The predicted molar refractivity (Wildman–Crippen MR) is 75.5 cm³/mol. The van der Waals surface area contributed by atoms with Gasteiger partial charge < -0.3 is 15.0 Å². The minimum atomic E-state index is 0.366. The highest BCUT2D eigenvalue weighted by molar-refractivity contribution is 4.57. The first kappa shape index (κ1) is 16.9. The average molecular weight is 244 g/mol. The number of rotatable bonds is 11. The maximum Gasteiger partial charge on any atom is 0.0597 e. The Morgan fingerprint density at radius 1 is 1.12 bits per heavy atom. The van der Waals surface area contributed by atoms with Gasteiger partial charge in [0.1, 0.15) is 0 Å². The fraction of sp³-hybridized carbons (Fsp3) is 1.00. The van der Waals surface area contributed by atoms with E-state index in [0.717, 1.165) is 51.7 Å². The second-order valence-corrected chi connectivity index (χ2v) is 5.09. The molecule has 0 spiro atoms. The highest BCUT2D eigenvalue weighted by atomic mass is 16.5. The van der Waals surface area contributed by atoms with Gasteiger partial charge in [0.25, 0.3) is 0 Å². The number of ether oxygens (including phenoxy) is 1. The maximum atomic E-state index is 5.80. The molecule has 104 valence electrons. The average Bonchev–Trinajstić information content (AvgIpc) is 2.30. The lowest BCUT2D eigenvalue weighted by Gasteiger charge is -2.20. The fourth-order valence-corrected chi connectivity index (χ4v) is 1.70. The van der Waals surface area contributed by atoms with E-state index in [0.29, 0.717) is 6.10 Å². The topological polar surface area (TPSA) is 24.5 Å². The van der Waals surface area contributed by atoms with Gasteiger partial charge in [0, 0.05) is 6.54 Å². The van der Waals surface area contributed by atoms with Crippen LogP contribution in [0.5, 0.6) is 0 Å². The van der Waals surface area contributed by atoms with Gasteiger partial charge in [-0.25, -0.2) is 0 Å². The number of nitrogens with zero attached hydrogens (tertiary/aromatic N) is 1. The number of hydrogen-bond donors (Lipinski definition) is 1. The van der Waals surface area contributed by atoms with Crippen LogP contribution in [0.3, 0.4) is 0 Å². The van der Waals surface area contributed by atoms with Crippen molar-refractivity contribution in [1.29, 1.82) is 0 Å². The Kier molecular flexibility index (Phi) is 10.9. The lowest BCUT2D eigenvalue weighted by molar-refractivity contribution is 0.0453. The van der Waals surface area contributed by atoms with Gasteiger partial charge in [-0.15, -0.1) is 0 Å². The summed E-state index contributed by atoms with van der Waals surface area (Å²) >= 11 is 0. The molecule has 0 rings (SSSR count). The summed E-state index contributed by atoms with van der Waals surface area (Å²) in [6.07, 6.45) is 1.47. The highest BCUT2D eigenvalue weighted by Gasteiger charge is 2.04. The molecule has 0 amide bonds. The van der Waals surface area contributed by atoms with E-state index in [2.05, 4.69) is 44.8 Å². The van der Waals surface area contributed by atoms with Crippen molar-refractivity contribution in [1.82, 2.24) is 10.2 Å². The molecule has 3 heteroatoms. The van der Waals surface area contributed by atoms with E-state index in [1.165, 1.54) is 0 Å². The van der Waals surface area contributed by atoms with Crippen LogP contribution in [-0.2, 0) is 4.74 Å². The summed E-state index contributed by atoms with van der Waals surface area (Å²) in [4.78, 5) is 2.39. The summed E-state index contributed by atoms with van der Waals surface area (Å²) in [5, 5.41) is 3.45. The first-order valence-electron chi connectivity index (χ1n) is 7.14. The Hall–Kier alpha value is -0.120. The highest BCUT2D eigenvalue weighted by Crippen LogP contribution is 1.97. The van der Waals surface area contributed by atoms with Gasteiger partial charge in [-0.05, 0) is 45.4 Å². The SMILES string of the molecule is CCN(CC)CCOC(C)CCNCC(C)C. The van der Waals surface area contributed by atoms with E-state index < -0.39 is 0 Å². The van der Waals surface area contributed by atoms with Gasteiger partial charge in [0.2, 0.25) is 0 Å². The summed E-state index contributed by atoms with van der Waals surface area (Å²) in [6.45, 7) is 17.3. The third kappa shape index (κ3) is 10.7. The van der Waals surface area contributed by atoms with Crippen molar-refractivity contribution in [2.24, 2.45) is 5.92 Å². The minimum absolute atomic E-state index is 0.366. The molecule has 0 aromatic heterocycles. The van der Waals surface area contributed by atoms with Crippen molar-refractivity contribution in [2.75, 3.05) is 39.3 Å². The molecule has 0 aliphatic heterocycles. The number of nitrogens with one attached hydrogen (secondary N) is 1. The molecule has 0 aromatic carbocycles. The van der Waals surface area contributed by atoms with Crippen LogP contribution < -0.4 is 5.32 Å². The van der Waals surface area contributed by atoms with E-state index in [1.807, 2.05) is 0 Å². The van der Waals surface area contributed by atoms with Gasteiger partial charge in [0.05, 0.1) is 12.7 Å². The molecule has 0 radical (unpaired) electrons. The van der Waals surface area contributed by atoms with Crippen molar-refractivity contribution in [2.45, 2.75) is 47.1 Å². The van der Waals surface area contributed by atoms with E-state index in [1.54, 1.807) is 0 Å². The normalized spacial score (nSPS) is 13.6. The van der Waals surface area contributed by atoms with Crippen molar-refractivity contribution in [3.8, 4) is 0 Å². The predicted octanol–water partition coefficient (Wildman–Crippen LogP) is 2.37. The standard InChI is InChI=1S/C14H32N2O/c1-6-16(7-2)10-11-17-14(5)8-9-15-12-13(3)4/h13-15H,6-12H2,1-5H3. The molecular formula is C14H32N2O. The van der Waals surface area contributed by atoms with Crippen LogP contribution in [0.2, 0.25) is 0 Å². The van der Waals surface area contributed by atoms with Crippen molar-refractivity contribution < 1.29 is 4.74 Å². The Labute approximate surface area is 108 Å². The molecule has 0 aromatic rings. The van der Waals surface area contributed by atoms with Crippen LogP contribution in [0.25, 0.3) is 0 Å². The smallest absolute Gasteiger partial charge is 0.0597 e. The third-order valence-corrected chi connectivity index (χ3v) is 2.98. The molecule has 1 unspecified atom stereocenters. The largest absolute Gasteiger partial charge is 0.377 e. The van der Waals surface area contributed by atoms with Crippen LogP contribution in [0.4, 0.5) is 0 Å². The molecule has 0 heterocycles. The Morgan fingerprint density at radius 2 is 1.76 bits per heavy atom. The Morgan fingerprint density at radius 3 is 2.29 bits per heavy atom.